The van der Waals surface area contributed by atoms with Gasteiger partial charge < -0.3 is 20.1 Å². The van der Waals surface area contributed by atoms with Crippen molar-refractivity contribution in [1.29, 1.82) is 0 Å². The number of rotatable bonds is 6. The number of ether oxygens (including phenoxy) is 1. The molecule has 1 atom stereocenters. The van der Waals surface area contributed by atoms with E-state index >= 15 is 0 Å². The first-order chi connectivity index (χ1) is 15.9. The van der Waals surface area contributed by atoms with Gasteiger partial charge in [-0.2, -0.15) is 0 Å². The number of nitrogens with zero attached hydrogens (tertiary/aromatic N) is 1. The topological polar surface area (TPSA) is 95.9 Å². The highest BCUT2D eigenvalue weighted by molar-refractivity contribution is 5.89. The van der Waals surface area contributed by atoms with E-state index in [1.807, 2.05) is 38.1 Å². The van der Waals surface area contributed by atoms with Crippen LogP contribution in [0.4, 0.5) is 4.79 Å². The van der Waals surface area contributed by atoms with Crippen molar-refractivity contribution in [3.05, 3.63) is 71.3 Å². The molecule has 0 fully saturated rings. The van der Waals surface area contributed by atoms with Gasteiger partial charge in [-0.1, -0.05) is 68.5 Å². The van der Waals surface area contributed by atoms with Gasteiger partial charge >= 0.3 is 12.1 Å². The fraction of sp³-hybridized carbons (Fsp3) is 0.346. The molecule has 0 unspecified atom stereocenters. The quantitative estimate of drug-likeness (QED) is 0.701. The van der Waals surface area contributed by atoms with E-state index in [1.54, 1.807) is 11.0 Å². The Labute approximate surface area is 193 Å². The van der Waals surface area contributed by atoms with E-state index in [0.717, 1.165) is 22.3 Å². The summed E-state index contributed by atoms with van der Waals surface area (Å²) in [5.41, 5.74) is 4.85. The Balaban J connectivity index is 1.40. The molecule has 33 heavy (non-hydrogen) atoms. The molecule has 1 aliphatic carbocycles. The van der Waals surface area contributed by atoms with E-state index in [-0.39, 0.29) is 37.3 Å². The molecule has 2 aromatic rings. The van der Waals surface area contributed by atoms with E-state index in [1.165, 1.54) is 0 Å². The van der Waals surface area contributed by atoms with Gasteiger partial charge in [0.2, 0.25) is 5.91 Å². The summed E-state index contributed by atoms with van der Waals surface area (Å²) in [7, 11) is 0. The molecule has 4 rings (SSSR count). The largest absolute Gasteiger partial charge is 0.478 e. The van der Waals surface area contributed by atoms with Crippen molar-refractivity contribution in [3.8, 4) is 11.1 Å². The number of fused-ring (bicyclic) bond motifs is 3. The molecule has 0 aromatic heterocycles. The molecular formula is C26H28N2O5. The number of carbonyl (C=O) groups is 3. The second-order valence-corrected chi connectivity index (χ2v) is 8.76. The maximum atomic E-state index is 13.0. The summed E-state index contributed by atoms with van der Waals surface area (Å²) in [6.45, 7) is 4.42. The van der Waals surface area contributed by atoms with Crippen LogP contribution in [0.5, 0.6) is 0 Å². The van der Waals surface area contributed by atoms with Crippen molar-refractivity contribution in [3.63, 3.8) is 0 Å². The summed E-state index contributed by atoms with van der Waals surface area (Å²) in [5, 5.41) is 11.8. The third kappa shape index (κ3) is 4.62. The Morgan fingerprint density at radius 1 is 1.06 bits per heavy atom. The Kier molecular flexibility index (Phi) is 6.49. The maximum Gasteiger partial charge on any atom is 0.407 e. The van der Waals surface area contributed by atoms with Crippen molar-refractivity contribution in [1.82, 2.24) is 10.2 Å². The Bertz CT molecular complexity index is 1060. The van der Waals surface area contributed by atoms with Crippen LogP contribution >= 0.6 is 0 Å². The minimum absolute atomic E-state index is 0.0574. The standard InChI is InChI=1S/C26H28N2O5/c1-16(2)23(24(29)28-13-11-17(12-14-28)25(30)31)27-26(32)33-15-22-20-9-5-3-7-18(20)19-8-4-6-10-21(19)22/h3-11,16,22-23H,12-15H2,1-2H3,(H,27,32)(H,30,31)/t23-/m1/s1. The normalized spacial score (nSPS) is 16.0. The molecule has 7 nitrogen and oxygen atoms in total. The molecule has 0 saturated carbocycles. The van der Waals surface area contributed by atoms with Crippen LogP contribution in [-0.4, -0.2) is 53.7 Å². The summed E-state index contributed by atoms with van der Waals surface area (Å²) in [6, 6.07) is 15.5. The van der Waals surface area contributed by atoms with Crippen LogP contribution < -0.4 is 5.32 Å². The molecule has 0 bridgehead atoms. The lowest BCUT2D eigenvalue weighted by Gasteiger charge is -2.31. The summed E-state index contributed by atoms with van der Waals surface area (Å²) in [4.78, 5) is 38.4. The molecule has 0 saturated heterocycles. The monoisotopic (exact) mass is 448 g/mol. The minimum atomic E-state index is -0.959. The molecule has 0 radical (unpaired) electrons. The second kappa shape index (κ2) is 9.48. The summed E-state index contributed by atoms with van der Waals surface area (Å²) in [6.07, 6.45) is 1.20. The Morgan fingerprint density at radius 2 is 1.67 bits per heavy atom. The molecule has 0 spiro atoms. The fourth-order valence-corrected chi connectivity index (χ4v) is 4.54. The van der Waals surface area contributed by atoms with Crippen molar-refractivity contribution in [2.75, 3.05) is 19.7 Å². The predicted octanol–water partition coefficient (Wildman–Crippen LogP) is 3.79. The van der Waals surface area contributed by atoms with Crippen molar-refractivity contribution >= 4 is 18.0 Å². The van der Waals surface area contributed by atoms with Crippen LogP contribution in [0.15, 0.2) is 60.2 Å². The van der Waals surface area contributed by atoms with Crippen LogP contribution in [0, 0.1) is 5.92 Å². The summed E-state index contributed by atoms with van der Waals surface area (Å²) in [5.74, 6) is -1.40. The first-order valence-electron chi connectivity index (χ1n) is 11.2. The molecule has 2 aromatic carbocycles. The number of aliphatic carboxylic acids is 1. The van der Waals surface area contributed by atoms with E-state index in [9.17, 15) is 14.4 Å². The van der Waals surface area contributed by atoms with Gasteiger partial charge in [0.25, 0.3) is 0 Å². The van der Waals surface area contributed by atoms with Crippen LogP contribution in [0.1, 0.15) is 37.3 Å². The number of amides is 2. The van der Waals surface area contributed by atoms with E-state index in [4.69, 9.17) is 9.84 Å². The van der Waals surface area contributed by atoms with Gasteiger partial charge in [-0.3, -0.25) is 4.79 Å². The highest BCUT2D eigenvalue weighted by atomic mass is 16.5. The van der Waals surface area contributed by atoms with Crippen molar-refractivity contribution < 1.29 is 24.2 Å². The number of carboxylic acid groups (broad SMARTS) is 1. The van der Waals surface area contributed by atoms with Crippen molar-refractivity contribution in [2.24, 2.45) is 5.92 Å². The van der Waals surface area contributed by atoms with E-state index in [2.05, 4.69) is 29.6 Å². The number of carboxylic acids is 1. The zero-order valence-electron chi connectivity index (χ0n) is 18.8. The highest BCUT2D eigenvalue weighted by Gasteiger charge is 2.32. The average Bonchev–Trinajstić information content (AvgIpc) is 3.14. The number of nitrogens with one attached hydrogen (secondary N) is 1. The molecule has 2 amide bonds. The first-order valence-corrected chi connectivity index (χ1v) is 11.2. The molecule has 2 aliphatic rings. The summed E-state index contributed by atoms with van der Waals surface area (Å²) < 4.78 is 5.60. The Morgan fingerprint density at radius 3 is 2.18 bits per heavy atom. The van der Waals surface area contributed by atoms with Gasteiger partial charge in [0.05, 0.1) is 0 Å². The van der Waals surface area contributed by atoms with Crippen LogP contribution in [-0.2, 0) is 14.3 Å². The zero-order chi connectivity index (χ0) is 23.5. The number of carbonyl (C=O) groups excluding carboxylic acids is 2. The van der Waals surface area contributed by atoms with Gasteiger partial charge in [-0.25, -0.2) is 9.59 Å². The third-order valence-corrected chi connectivity index (χ3v) is 6.35. The lowest BCUT2D eigenvalue weighted by atomic mass is 9.98. The molecule has 2 N–H and O–H groups in total. The van der Waals surface area contributed by atoms with Gasteiger partial charge in [-0.15, -0.1) is 0 Å². The van der Waals surface area contributed by atoms with Crippen molar-refractivity contribution in [2.45, 2.75) is 32.2 Å². The number of hydrogen-bond acceptors (Lipinski definition) is 4. The third-order valence-electron chi connectivity index (χ3n) is 6.35. The minimum Gasteiger partial charge on any atom is -0.478 e. The van der Waals surface area contributed by atoms with Gasteiger partial charge in [0, 0.05) is 24.6 Å². The average molecular weight is 449 g/mol. The second-order valence-electron chi connectivity index (χ2n) is 8.76. The van der Waals surface area contributed by atoms with Gasteiger partial charge in [-0.05, 0) is 34.6 Å². The first kappa shape index (κ1) is 22.6. The van der Waals surface area contributed by atoms with Gasteiger partial charge in [0.15, 0.2) is 0 Å². The van der Waals surface area contributed by atoms with Gasteiger partial charge in [0.1, 0.15) is 12.6 Å². The van der Waals surface area contributed by atoms with E-state index < -0.39 is 18.1 Å². The zero-order valence-corrected chi connectivity index (χ0v) is 18.8. The SMILES string of the molecule is CC(C)[C@@H](NC(=O)OCC1c2ccccc2-c2ccccc21)C(=O)N1CC=C(C(=O)O)CC1. The number of benzene rings is 2. The molecule has 172 valence electrons. The van der Waals surface area contributed by atoms with Crippen LogP contribution in [0.25, 0.3) is 11.1 Å². The maximum absolute atomic E-state index is 13.0. The smallest absolute Gasteiger partial charge is 0.407 e. The molecular weight excluding hydrogens is 420 g/mol. The molecule has 1 aliphatic heterocycles. The summed E-state index contributed by atoms with van der Waals surface area (Å²) >= 11 is 0. The number of hydrogen-bond donors (Lipinski definition) is 2. The number of alkyl carbamates (subject to hydrolysis) is 1. The lowest BCUT2D eigenvalue weighted by molar-refractivity contribution is -0.136. The van der Waals surface area contributed by atoms with Crippen LogP contribution in [0.2, 0.25) is 0 Å². The Hall–Kier alpha value is -3.61. The molecule has 7 heteroatoms. The van der Waals surface area contributed by atoms with Crippen LogP contribution in [0.3, 0.4) is 0 Å². The van der Waals surface area contributed by atoms with E-state index in [0.29, 0.717) is 12.1 Å². The highest BCUT2D eigenvalue weighted by Crippen LogP contribution is 2.44. The lowest BCUT2D eigenvalue weighted by Crippen LogP contribution is -2.52. The molecule has 1 heterocycles. The fourth-order valence-electron chi connectivity index (χ4n) is 4.54. The predicted molar refractivity (Wildman–Crippen MR) is 124 cm³/mol.